The quantitative estimate of drug-likeness (QED) is 0.592. The molecule has 0 saturated heterocycles. The van der Waals surface area contributed by atoms with Crippen LogP contribution in [0, 0.1) is 0 Å². The van der Waals surface area contributed by atoms with Gasteiger partial charge in [-0.15, -0.1) is 0 Å². The van der Waals surface area contributed by atoms with Crippen LogP contribution < -0.4 is 11.1 Å². The lowest BCUT2D eigenvalue weighted by atomic mass is 9.87. The molecule has 2 nitrogen and oxygen atoms in total. The lowest BCUT2D eigenvalue weighted by molar-refractivity contribution is 1.09. The number of fused-ring (bicyclic) bond motifs is 2. The summed E-state index contributed by atoms with van der Waals surface area (Å²) in [5, 5.41) is 5.21. The Balaban J connectivity index is 2.22. The minimum atomic E-state index is 0.165. The molecule has 2 aromatic carbocycles. The zero-order valence-corrected chi connectivity index (χ0v) is 10.00. The summed E-state index contributed by atoms with van der Waals surface area (Å²) in [6, 6.07) is 14.1. The Morgan fingerprint density at radius 2 is 1.82 bits per heavy atom. The molecule has 0 radical (unpaired) electrons. The van der Waals surface area contributed by atoms with E-state index in [1.807, 2.05) is 35.7 Å². The van der Waals surface area contributed by atoms with E-state index in [1.165, 1.54) is 11.1 Å². The highest BCUT2D eigenvalue weighted by atomic mass is 32.1. The minimum absolute atomic E-state index is 0.165. The third-order valence-electron chi connectivity index (χ3n) is 3.11. The molecule has 84 valence electrons. The van der Waals surface area contributed by atoms with Crippen LogP contribution >= 0.6 is 12.2 Å². The summed E-state index contributed by atoms with van der Waals surface area (Å²) in [5.41, 5.74) is 11.1. The average molecular weight is 240 g/mol. The van der Waals surface area contributed by atoms with Gasteiger partial charge in [-0.1, -0.05) is 36.5 Å². The summed E-state index contributed by atoms with van der Waals surface area (Å²) in [4.78, 5) is 0. The Morgan fingerprint density at radius 3 is 2.65 bits per heavy atom. The molecule has 1 unspecified atom stereocenters. The van der Waals surface area contributed by atoms with E-state index in [9.17, 15) is 0 Å². The van der Waals surface area contributed by atoms with Gasteiger partial charge in [-0.2, -0.15) is 0 Å². The van der Waals surface area contributed by atoms with E-state index in [0.717, 1.165) is 17.1 Å². The van der Waals surface area contributed by atoms with Crippen LogP contribution in [0.5, 0.6) is 0 Å². The lowest BCUT2D eigenvalue weighted by Gasteiger charge is -2.27. The molecule has 0 spiro atoms. The first-order chi connectivity index (χ1) is 8.29. The highest BCUT2D eigenvalue weighted by molar-refractivity contribution is 7.79. The van der Waals surface area contributed by atoms with Crippen molar-refractivity contribution in [1.29, 1.82) is 0 Å². The maximum atomic E-state index is 5.81. The predicted octanol–water partition coefficient (Wildman–Crippen LogP) is 3.46. The Bertz CT molecular complexity index is 593. The number of nitrogen functional groups attached to an aromatic ring is 1. The summed E-state index contributed by atoms with van der Waals surface area (Å²) < 4.78 is 0. The molecule has 3 N–H and O–H groups in total. The Morgan fingerprint density at radius 1 is 1.06 bits per heavy atom. The van der Waals surface area contributed by atoms with Gasteiger partial charge in [0.1, 0.15) is 0 Å². The number of benzene rings is 2. The maximum Gasteiger partial charge on any atom is 0.0447 e. The lowest BCUT2D eigenvalue weighted by Crippen LogP contribution is -2.13. The molecule has 0 fully saturated rings. The number of thiocarbonyl (C=S) groups is 1. The van der Waals surface area contributed by atoms with Crippen molar-refractivity contribution in [3.05, 3.63) is 53.6 Å². The van der Waals surface area contributed by atoms with Gasteiger partial charge in [0, 0.05) is 23.0 Å². The van der Waals surface area contributed by atoms with Crippen molar-refractivity contribution in [1.82, 2.24) is 0 Å². The van der Waals surface area contributed by atoms with Gasteiger partial charge < -0.3 is 11.1 Å². The molecule has 0 bridgehead atoms. The Kier molecular flexibility index (Phi) is 2.34. The zero-order chi connectivity index (χ0) is 11.8. The summed E-state index contributed by atoms with van der Waals surface area (Å²) in [6.07, 6.45) is 0. The van der Waals surface area contributed by atoms with Crippen molar-refractivity contribution >= 4 is 34.6 Å². The van der Waals surface area contributed by atoms with Crippen molar-refractivity contribution in [2.24, 2.45) is 0 Å². The molecule has 0 amide bonds. The fourth-order valence-electron chi connectivity index (χ4n) is 2.29. The third kappa shape index (κ3) is 1.59. The molecule has 3 rings (SSSR count). The van der Waals surface area contributed by atoms with Crippen molar-refractivity contribution in [3.63, 3.8) is 0 Å². The average Bonchev–Trinajstić information content (AvgIpc) is 2.35. The molecule has 17 heavy (non-hydrogen) atoms. The third-order valence-corrected chi connectivity index (χ3v) is 3.39. The fraction of sp³-hybridized carbons (Fsp3) is 0.0714. The van der Waals surface area contributed by atoms with Gasteiger partial charge in [0.2, 0.25) is 0 Å². The van der Waals surface area contributed by atoms with Crippen LogP contribution in [0.4, 0.5) is 17.1 Å². The van der Waals surface area contributed by atoms with Crippen LogP contribution in [0.25, 0.3) is 0 Å². The molecule has 1 aliphatic rings. The second-order valence-corrected chi connectivity index (χ2v) is 4.44. The van der Waals surface area contributed by atoms with E-state index < -0.39 is 0 Å². The monoisotopic (exact) mass is 240 g/mol. The van der Waals surface area contributed by atoms with Crippen molar-refractivity contribution < 1.29 is 0 Å². The Hall–Kier alpha value is -1.87. The standard InChI is InChI=1S/C14H12N2S/c15-9-5-6-11-12(8-17)10-3-1-2-4-13(10)16-14(11)7-9/h1-8,12,16H,15H2. The van der Waals surface area contributed by atoms with Crippen molar-refractivity contribution in [2.75, 3.05) is 11.1 Å². The van der Waals surface area contributed by atoms with Gasteiger partial charge in [0.25, 0.3) is 0 Å². The molecule has 0 saturated carbocycles. The number of nitrogens with one attached hydrogen (secondary N) is 1. The van der Waals surface area contributed by atoms with Crippen LogP contribution in [-0.2, 0) is 0 Å². The second-order valence-electron chi connectivity index (χ2n) is 4.17. The summed E-state index contributed by atoms with van der Waals surface area (Å²) in [5.74, 6) is 0.165. The van der Waals surface area contributed by atoms with Gasteiger partial charge in [-0.05, 0) is 34.7 Å². The first kappa shape index (κ1) is 10.3. The zero-order valence-electron chi connectivity index (χ0n) is 9.18. The molecule has 1 atom stereocenters. The highest BCUT2D eigenvalue weighted by Crippen LogP contribution is 2.40. The van der Waals surface area contributed by atoms with E-state index >= 15 is 0 Å². The molecule has 3 heteroatoms. The van der Waals surface area contributed by atoms with Crippen LogP contribution in [0.3, 0.4) is 0 Å². The molecule has 1 heterocycles. The number of hydrogen-bond acceptors (Lipinski definition) is 3. The van der Waals surface area contributed by atoms with Gasteiger partial charge in [-0.25, -0.2) is 0 Å². The van der Waals surface area contributed by atoms with E-state index in [2.05, 4.69) is 17.4 Å². The SMILES string of the molecule is Nc1ccc2c(c1)Nc1ccccc1C2C=S. The first-order valence-corrected chi connectivity index (χ1v) is 5.97. The summed E-state index contributed by atoms with van der Waals surface area (Å²) in [6.45, 7) is 0. The number of rotatable bonds is 1. The van der Waals surface area contributed by atoms with E-state index in [-0.39, 0.29) is 5.92 Å². The van der Waals surface area contributed by atoms with E-state index in [0.29, 0.717) is 0 Å². The minimum Gasteiger partial charge on any atom is -0.399 e. The van der Waals surface area contributed by atoms with Gasteiger partial charge >= 0.3 is 0 Å². The number of anilines is 3. The summed E-state index contributed by atoms with van der Waals surface area (Å²) >= 11 is 5.17. The van der Waals surface area contributed by atoms with Crippen LogP contribution in [-0.4, -0.2) is 5.37 Å². The summed E-state index contributed by atoms with van der Waals surface area (Å²) in [7, 11) is 0. The number of nitrogens with two attached hydrogens (primary N) is 1. The maximum absolute atomic E-state index is 5.81. The van der Waals surface area contributed by atoms with Gasteiger partial charge in [0.15, 0.2) is 0 Å². The largest absolute Gasteiger partial charge is 0.399 e. The fourth-order valence-corrected chi connectivity index (χ4v) is 2.59. The first-order valence-electron chi connectivity index (χ1n) is 5.50. The predicted molar refractivity (Wildman–Crippen MR) is 76.1 cm³/mol. The molecular weight excluding hydrogens is 228 g/mol. The van der Waals surface area contributed by atoms with Crippen molar-refractivity contribution in [2.45, 2.75) is 5.92 Å². The molecule has 0 aromatic heterocycles. The van der Waals surface area contributed by atoms with E-state index in [1.54, 1.807) is 0 Å². The van der Waals surface area contributed by atoms with Crippen LogP contribution in [0.15, 0.2) is 42.5 Å². The van der Waals surface area contributed by atoms with Gasteiger partial charge in [0.05, 0.1) is 0 Å². The number of hydrogen-bond donors (Lipinski definition) is 2. The molecule has 2 aromatic rings. The molecule has 0 aliphatic carbocycles. The second kappa shape index (κ2) is 3.86. The van der Waals surface area contributed by atoms with Crippen molar-refractivity contribution in [3.8, 4) is 0 Å². The van der Waals surface area contributed by atoms with Crippen LogP contribution in [0.1, 0.15) is 17.0 Å². The van der Waals surface area contributed by atoms with Crippen LogP contribution in [0.2, 0.25) is 0 Å². The van der Waals surface area contributed by atoms with E-state index in [4.69, 9.17) is 18.0 Å². The molecular formula is C14H12N2S. The Labute approximate surface area is 105 Å². The smallest absolute Gasteiger partial charge is 0.0447 e. The van der Waals surface area contributed by atoms with Gasteiger partial charge in [-0.3, -0.25) is 0 Å². The highest BCUT2D eigenvalue weighted by Gasteiger charge is 2.23. The number of para-hydroxylation sites is 1. The topological polar surface area (TPSA) is 38.0 Å². The molecule has 1 aliphatic heterocycles. The normalized spacial score (nSPS) is 16.6.